The molecule has 3 heterocycles. The van der Waals surface area contributed by atoms with E-state index in [-0.39, 0.29) is 30.2 Å². The van der Waals surface area contributed by atoms with E-state index < -0.39 is 0 Å². The maximum absolute atomic E-state index is 12.6. The Morgan fingerprint density at radius 2 is 1.95 bits per heavy atom. The zero-order chi connectivity index (χ0) is 14.0. The number of anilines is 1. The monoisotopic (exact) mass is 346 g/mol. The van der Waals surface area contributed by atoms with Crippen molar-refractivity contribution in [1.29, 1.82) is 0 Å². The summed E-state index contributed by atoms with van der Waals surface area (Å²) in [5.41, 5.74) is -0.201. The summed E-state index contributed by atoms with van der Waals surface area (Å²) in [6.45, 7) is 7.18. The first kappa shape index (κ1) is 19.0. The summed E-state index contributed by atoms with van der Waals surface area (Å²) < 4.78 is 0. The highest BCUT2D eigenvalue weighted by Crippen LogP contribution is 2.28. The van der Waals surface area contributed by atoms with Gasteiger partial charge in [0.15, 0.2) is 0 Å². The SMILES string of the molecule is CC1(C(=O)N2CCN(c3ccccn3)CC2)CCNC1.Cl.Cl. The average Bonchev–Trinajstić information content (AvgIpc) is 2.96. The maximum Gasteiger partial charge on any atom is 0.229 e. The molecule has 1 atom stereocenters. The van der Waals surface area contributed by atoms with Crippen LogP contribution in [0.3, 0.4) is 0 Å². The molecule has 0 aliphatic carbocycles. The molecule has 7 heteroatoms. The largest absolute Gasteiger partial charge is 0.353 e. The van der Waals surface area contributed by atoms with E-state index in [1.165, 1.54) is 0 Å². The van der Waals surface area contributed by atoms with Crippen molar-refractivity contribution in [2.45, 2.75) is 13.3 Å². The number of nitrogens with one attached hydrogen (secondary N) is 1. The third kappa shape index (κ3) is 3.83. The predicted molar refractivity (Wildman–Crippen MR) is 93.1 cm³/mol. The Morgan fingerprint density at radius 1 is 1.23 bits per heavy atom. The summed E-state index contributed by atoms with van der Waals surface area (Å²) in [6.07, 6.45) is 2.77. The van der Waals surface area contributed by atoms with Crippen LogP contribution in [-0.4, -0.2) is 55.1 Å². The first-order valence-electron chi connectivity index (χ1n) is 7.35. The minimum absolute atomic E-state index is 0. The molecule has 5 nitrogen and oxygen atoms in total. The molecule has 0 aromatic carbocycles. The third-order valence-corrected chi connectivity index (χ3v) is 4.43. The lowest BCUT2D eigenvalue weighted by molar-refractivity contribution is -0.140. The Balaban J connectivity index is 0.00000121. The number of halogens is 2. The van der Waals surface area contributed by atoms with Gasteiger partial charge < -0.3 is 15.1 Å². The molecular weight excluding hydrogens is 323 g/mol. The van der Waals surface area contributed by atoms with Crippen LogP contribution in [0, 0.1) is 5.41 Å². The Bertz CT molecular complexity index is 472. The van der Waals surface area contributed by atoms with E-state index >= 15 is 0 Å². The van der Waals surface area contributed by atoms with Crippen molar-refractivity contribution in [3.05, 3.63) is 24.4 Å². The van der Waals surface area contributed by atoms with E-state index in [4.69, 9.17) is 0 Å². The van der Waals surface area contributed by atoms with Gasteiger partial charge in [0, 0.05) is 38.9 Å². The van der Waals surface area contributed by atoms with E-state index in [9.17, 15) is 4.79 Å². The van der Waals surface area contributed by atoms with E-state index in [0.29, 0.717) is 5.91 Å². The van der Waals surface area contributed by atoms with Crippen LogP contribution in [0.25, 0.3) is 0 Å². The molecule has 0 radical (unpaired) electrons. The molecule has 2 saturated heterocycles. The second-order valence-electron chi connectivity index (χ2n) is 5.95. The quantitative estimate of drug-likeness (QED) is 0.882. The zero-order valence-electron chi connectivity index (χ0n) is 12.8. The van der Waals surface area contributed by atoms with Crippen LogP contribution in [0.4, 0.5) is 5.82 Å². The minimum atomic E-state index is -0.201. The number of hydrogen-bond donors (Lipinski definition) is 1. The van der Waals surface area contributed by atoms with Crippen molar-refractivity contribution in [1.82, 2.24) is 15.2 Å². The van der Waals surface area contributed by atoms with E-state index in [0.717, 1.165) is 51.5 Å². The molecule has 2 aliphatic heterocycles. The van der Waals surface area contributed by atoms with Gasteiger partial charge in [-0.25, -0.2) is 4.98 Å². The molecular formula is C15H24Cl2N4O. The Kier molecular flexibility index (Phi) is 6.91. The number of rotatable bonds is 2. The van der Waals surface area contributed by atoms with E-state index in [1.807, 2.05) is 29.3 Å². The standard InChI is InChI=1S/C15H22N4O.2ClH/c1-15(5-7-16-12-15)14(20)19-10-8-18(9-11-19)13-4-2-3-6-17-13;;/h2-4,6,16H,5,7-12H2,1H3;2*1H. The maximum atomic E-state index is 12.6. The van der Waals surface area contributed by atoms with Gasteiger partial charge in [-0.3, -0.25) is 4.79 Å². The highest BCUT2D eigenvalue weighted by Gasteiger charge is 2.39. The molecule has 0 saturated carbocycles. The van der Waals surface area contributed by atoms with Crippen LogP contribution < -0.4 is 10.2 Å². The summed E-state index contributed by atoms with van der Waals surface area (Å²) in [4.78, 5) is 21.3. The molecule has 1 amide bonds. The number of hydrogen-bond acceptors (Lipinski definition) is 4. The zero-order valence-corrected chi connectivity index (χ0v) is 14.5. The smallest absolute Gasteiger partial charge is 0.229 e. The van der Waals surface area contributed by atoms with Crippen LogP contribution in [-0.2, 0) is 4.79 Å². The number of aromatic nitrogens is 1. The summed E-state index contributed by atoms with van der Waals surface area (Å²) in [5, 5.41) is 3.30. The van der Waals surface area contributed by atoms with Crippen LogP contribution >= 0.6 is 24.8 Å². The fraction of sp³-hybridized carbons (Fsp3) is 0.600. The first-order valence-corrected chi connectivity index (χ1v) is 7.35. The molecule has 22 heavy (non-hydrogen) atoms. The number of carbonyl (C=O) groups excluding carboxylic acids is 1. The lowest BCUT2D eigenvalue weighted by atomic mass is 9.88. The van der Waals surface area contributed by atoms with Crippen LogP contribution in [0.5, 0.6) is 0 Å². The lowest BCUT2D eigenvalue weighted by Gasteiger charge is -2.38. The van der Waals surface area contributed by atoms with Crippen molar-refractivity contribution in [3.8, 4) is 0 Å². The van der Waals surface area contributed by atoms with E-state index in [2.05, 4.69) is 22.1 Å². The topological polar surface area (TPSA) is 48.5 Å². The third-order valence-electron chi connectivity index (χ3n) is 4.43. The van der Waals surface area contributed by atoms with Gasteiger partial charge in [-0.15, -0.1) is 24.8 Å². The van der Waals surface area contributed by atoms with Gasteiger partial charge in [0.25, 0.3) is 0 Å². The van der Waals surface area contributed by atoms with Crippen molar-refractivity contribution in [3.63, 3.8) is 0 Å². The first-order chi connectivity index (χ1) is 9.69. The molecule has 2 aliphatic rings. The summed E-state index contributed by atoms with van der Waals surface area (Å²) in [7, 11) is 0. The van der Waals surface area contributed by atoms with Crippen molar-refractivity contribution >= 4 is 36.5 Å². The number of piperazine rings is 1. The summed E-state index contributed by atoms with van der Waals surface area (Å²) in [6, 6.07) is 5.96. The van der Waals surface area contributed by atoms with Gasteiger partial charge in [0.2, 0.25) is 5.91 Å². The molecule has 1 N–H and O–H groups in total. The normalized spacial score (nSPS) is 24.4. The Morgan fingerprint density at radius 3 is 2.50 bits per heavy atom. The molecule has 1 aromatic rings. The summed E-state index contributed by atoms with van der Waals surface area (Å²) in [5.74, 6) is 1.32. The van der Waals surface area contributed by atoms with Crippen LogP contribution in [0.15, 0.2) is 24.4 Å². The van der Waals surface area contributed by atoms with Gasteiger partial charge in [-0.05, 0) is 32.0 Å². The molecule has 2 fully saturated rings. The van der Waals surface area contributed by atoms with Crippen molar-refractivity contribution in [2.24, 2.45) is 5.41 Å². The fourth-order valence-corrected chi connectivity index (χ4v) is 3.06. The van der Waals surface area contributed by atoms with Crippen molar-refractivity contribution < 1.29 is 4.79 Å². The minimum Gasteiger partial charge on any atom is -0.353 e. The highest BCUT2D eigenvalue weighted by atomic mass is 35.5. The number of amides is 1. The van der Waals surface area contributed by atoms with Crippen molar-refractivity contribution in [2.75, 3.05) is 44.2 Å². The van der Waals surface area contributed by atoms with Gasteiger partial charge in [-0.1, -0.05) is 6.07 Å². The molecule has 124 valence electrons. The van der Waals surface area contributed by atoms with E-state index in [1.54, 1.807) is 0 Å². The number of pyridine rings is 1. The number of carbonyl (C=O) groups is 1. The Hall–Kier alpha value is -1.04. The second-order valence-corrected chi connectivity index (χ2v) is 5.95. The molecule has 1 aromatic heterocycles. The van der Waals surface area contributed by atoms with Gasteiger partial charge in [0.05, 0.1) is 5.41 Å². The average molecular weight is 347 g/mol. The fourth-order valence-electron chi connectivity index (χ4n) is 3.06. The highest BCUT2D eigenvalue weighted by molar-refractivity contribution is 5.85. The molecule has 3 rings (SSSR count). The molecule has 0 spiro atoms. The number of nitrogens with zero attached hydrogens (tertiary/aromatic N) is 3. The lowest BCUT2D eigenvalue weighted by Crippen LogP contribution is -2.53. The van der Waals surface area contributed by atoms with Gasteiger partial charge in [-0.2, -0.15) is 0 Å². The second kappa shape index (κ2) is 7.99. The predicted octanol–water partition coefficient (Wildman–Crippen LogP) is 1.57. The van der Waals surface area contributed by atoms with Gasteiger partial charge in [0.1, 0.15) is 5.82 Å². The molecule has 1 unspecified atom stereocenters. The van der Waals surface area contributed by atoms with Crippen LogP contribution in [0.1, 0.15) is 13.3 Å². The van der Waals surface area contributed by atoms with Gasteiger partial charge >= 0.3 is 0 Å². The van der Waals surface area contributed by atoms with Crippen LogP contribution in [0.2, 0.25) is 0 Å². The summed E-state index contributed by atoms with van der Waals surface area (Å²) >= 11 is 0. The Labute approximate surface area is 144 Å². The molecule has 0 bridgehead atoms.